The first kappa shape index (κ1) is 17.2. The minimum absolute atomic E-state index is 0.169. The Balaban J connectivity index is 1.56. The van der Waals surface area contributed by atoms with Gasteiger partial charge in [0, 0.05) is 30.0 Å². The fraction of sp³-hybridized carbons (Fsp3) is 0.333. The highest BCUT2D eigenvalue weighted by Gasteiger charge is 2.29. The van der Waals surface area contributed by atoms with Crippen molar-refractivity contribution < 1.29 is 4.79 Å². The molecule has 0 aliphatic heterocycles. The Kier molecular flexibility index (Phi) is 4.49. The van der Waals surface area contributed by atoms with Gasteiger partial charge in [0.05, 0.1) is 17.6 Å². The van der Waals surface area contributed by atoms with E-state index in [1.54, 1.807) is 11.8 Å². The van der Waals surface area contributed by atoms with Gasteiger partial charge < -0.3 is 9.13 Å². The number of rotatable bonds is 6. The number of nitrogens with zero attached hydrogens (tertiary/aromatic N) is 3. The van der Waals surface area contributed by atoms with Gasteiger partial charge in [-0.15, -0.1) is 0 Å². The highest BCUT2D eigenvalue weighted by molar-refractivity contribution is 7.99. The van der Waals surface area contributed by atoms with E-state index in [-0.39, 0.29) is 5.78 Å². The molecule has 4 nitrogen and oxygen atoms in total. The predicted octanol–water partition coefficient (Wildman–Crippen LogP) is 4.82. The summed E-state index contributed by atoms with van der Waals surface area (Å²) in [6.45, 7) is 4.03. The van der Waals surface area contributed by atoms with Crippen molar-refractivity contribution in [3.8, 4) is 11.3 Å². The summed E-state index contributed by atoms with van der Waals surface area (Å²) in [6, 6.07) is 12.9. The standard InChI is InChI=1S/C21H23N3OS/c1-14-11-18(15(2)23(14)3)20(25)13-26-21-22-12-19(24(21)17-9-10-17)16-7-5-4-6-8-16/h4-8,11-12,17H,9-10,13H2,1-3H3. The van der Waals surface area contributed by atoms with Crippen molar-refractivity contribution in [1.29, 1.82) is 0 Å². The van der Waals surface area contributed by atoms with Gasteiger partial charge in [0.2, 0.25) is 0 Å². The molecule has 0 atom stereocenters. The van der Waals surface area contributed by atoms with E-state index in [4.69, 9.17) is 0 Å². The molecule has 0 spiro atoms. The number of imidazole rings is 1. The molecule has 0 amide bonds. The van der Waals surface area contributed by atoms with Crippen LogP contribution in [0.25, 0.3) is 11.3 Å². The van der Waals surface area contributed by atoms with Gasteiger partial charge in [-0.25, -0.2) is 4.98 Å². The van der Waals surface area contributed by atoms with Gasteiger partial charge in [0.1, 0.15) is 0 Å². The number of ketones is 1. The van der Waals surface area contributed by atoms with E-state index in [1.165, 1.54) is 18.4 Å². The number of benzene rings is 1. The van der Waals surface area contributed by atoms with Crippen LogP contribution in [0, 0.1) is 13.8 Å². The molecule has 1 aliphatic rings. The summed E-state index contributed by atoms with van der Waals surface area (Å²) in [4.78, 5) is 17.3. The first-order chi connectivity index (χ1) is 12.6. The van der Waals surface area contributed by atoms with Gasteiger partial charge in [-0.3, -0.25) is 4.79 Å². The van der Waals surface area contributed by atoms with Gasteiger partial charge in [-0.1, -0.05) is 42.1 Å². The molecule has 134 valence electrons. The smallest absolute Gasteiger partial charge is 0.175 e. The molecular formula is C21H23N3OS. The molecular weight excluding hydrogens is 342 g/mol. The maximum atomic E-state index is 12.7. The highest BCUT2D eigenvalue weighted by Crippen LogP contribution is 2.42. The molecule has 0 radical (unpaired) electrons. The highest BCUT2D eigenvalue weighted by atomic mass is 32.2. The lowest BCUT2D eigenvalue weighted by Crippen LogP contribution is -2.06. The van der Waals surface area contributed by atoms with Crippen LogP contribution in [0.2, 0.25) is 0 Å². The molecule has 0 bridgehead atoms. The molecule has 4 rings (SSSR count). The van der Waals surface area contributed by atoms with Crippen molar-refractivity contribution in [3.05, 3.63) is 59.5 Å². The summed E-state index contributed by atoms with van der Waals surface area (Å²) >= 11 is 1.55. The van der Waals surface area contributed by atoms with E-state index in [1.807, 2.05) is 39.2 Å². The second kappa shape index (κ2) is 6.80. The van der Waals surface area contributed by atoms with E-state index in [0.29, 0.717) is 11.8 Å². The minimum Gasteiger partial charge on any atom is -0.351 e. The molecule has 0 saturated heterocycles. The van der Waals surface area contributed by atoms with Gasteiger partial charge >= 0.3 is 0 Å². The molecule has 0 N–H and O–H groups in total. The molecule has 0 unspecified atom stereocenters. The van der Waals surface area contributed by atoms with Gasteiger partial charge in [-0.2, -0.15) is 0 Å². The third-order valence-electron chi connectivity index (χ3n) is 5.15. The lowest BCUT2D eigenvalue weighted by molar-refractivity contribution is 0.102. The topological polar surface area (TPSA) is 39.8 Å². The number of carbonyl (C=O) groups excluding carboxylic acids is 1. The average molecular weight is 366 g/mol. The number of hydrogen-bond acceptors (Lipinski definition) is 3. The third kappa shape index (κ3) is 3.12. The van der Waals surface area contributed by atoms with Crippen LogP contribution in [0.15, 0.2) is 47.8 Å². The van der Waals surface area contributed by atoms with E-state index in [9.17, 15) is 4.79 Å². The minimum atomic E-state index is 0.169. The van der Waals surface area contributed by atoms with Crippen LogP contribution in [0.4, 0.5) is 0 Å². The SMILES string of the molecule is Cc1cc(C(=O)CSc2ncc(-c3ccccc3)n2C2CC2)c(C)n1C. The molecule has 5 heteroatoms. The summed E-state index contributed by atoms with van der Waals surface area (Å²) in [5.41, 5.74) is 5.30. The van der Waals surface area contributed by atoms with Crippen LogP contribution in [-0.4, -0.2) is 25.7 Å². The summed E-state index contributed by atoms with van der Waals surface area (Å²) in [5, 5.41) is 0.949. The first-order valence-corrected chi connectivity index (χ1v) is 9.96. The lowest BCUT2D eigenvalue weighted by atomic mass is 10.2. The molecule has 26 heavy (non-hydrogen) atoms. The zero-order chi connectivity index (χ0) is 18.3. The number of thioether (sulfide) groups is 1. The van der Waals surface area contributed by atoms with Crippen LogP contribution >= 0.6 is 11.8 Å². The van der Waals surface area contributed by atoms with Crippen molar-refractivity contribution in [2.45, 2.75) is 37.9 Å². The van der Waals surface area contributed by atoms with E-state index < -0.39 is 0 Å². The molecule has 1 fully saturated rings. The number of hydrogen-bond donors (Lipinski definition) is 0. The van der Waals surface area contributed by atoms with Crippen molar-refractivity contribution in [3.63, 3.8) is 0 Å². The van der Waals surface area contributed by atoms with Crippen molar-refractivity contribution >= 4 is 17.5 Å². The Morgan fingerprint density at radius 1 is 1.23 bits per heavy atom. The number of aromatic nitrogens is 3. The van der Waals surface area contributed by atoms with Crippen LogP contribution in [0.5, 0.6) is 0 Å². The van der Waals surface area contributed by atoms with Crippen molar-refractivity contribution in [2.75, 3.05) is 5.75 Å². The van der Waals surface area contributed by atoms with Crippen LogP contribution < -0.4 is 0 Å². The molecule has 1 aromatic carbocycles. The Hall–Kier alpha value is -2.27. The zero-order valence-corrected chi connectivity index (χ0v) is 16.2. The second-order valence-electron chi connectivity index (χ2n) is 6.95. The number of aryl methyl sites for hydroxylation is 1. The summed E-state index contributed by atoms with van der Waals surface area (Å²) < 4.78 is 4.38. The Morgan fingerprint density at radius 2 is 1.96 bits per heavy atom. The Labute approximate surface area is 158 Å². The van der Waals surface area contributed by atoms with Crippen LogP contribution in [-0.2, 0) is 7.05 Å². The van der Waals surface area contributed by atoms with Gasteiger partial charge in [0.25, 0.3) is 0 Å². The van der Waals surface area contributed by atoms with E-state index in [2.05, 4.69) is 38.4 Å². The van der Waals surface area contributed by atoms with Crippen LogP contribution in [0.3, 0.4) is 0 Å². The molecule has 2 aromatic heterocycles. The Bertz CT molecular complexity index is 951. The lowest BCUT2D eigenvalue weighted by Gasteiger charge is -2.10. The Morgan fingerprint density at radius 3 is 2.58 bits per heavy atom. The molecule has 1 aliphatic carbocycles. The summed E-state index contributed by atoms with van der Waals surface area (Å²) in [6.07, 6.45) is 4.32. The molecule has 3 aromatic rings. The van der Waals surface area contributed by atoms with E-state index in [0.717, 1.165) is 27.8 Å². The fourth-order valence-electron chi connectivity index (χ4n) is 3.30. The van der Waals surface area contributed by atoms with Gasteiger partial charge in [0.15, 0.2) is 10.9 Å². The monoisotopic (exact) mass is 365 g/mol. The van der Waals surface area contributed by atoms with Crippen LogP contribution in [0.1, 0.15) is 40.6 Å². The first-order valence-electron chi connectivity index (χ1n) is 8.98. The van der Waals surface area contributed by atoms with Gasteiger partial charge in [-0.05, 0) is 38.3 Å². The second-order valence-corrected chi connectivity index (χ2v) is 7.89. The van der Waals surface area contributed by atoms with E-state index >= 15 is 0 Å². The average Bonchev–Trinajstić information content (AvgIpc) is 3.36. The third-order valence-corrected chi connectivity index (χ3v) is 6.12. The predicted molar refractivity (Wildman–Crippen MR) is 106 cm³/mol. The number of Topliss-reactive ketones (excluding diaryl/α,β-unsaturated/α-hetero) is 1. The molecule has 2 heterocycles. The molecule has 1 saturated carbocycles. The maximum absolute atomic E-state index is 12.7. The normalized spacial score (nSPS) is 14.0. The largest absolute Gasteiger partial charge is 0.351 e. The summed E-state index contributed by atoms with van der Waals surface area (Å²) in [7, 11) is 2.00. The van der Waals surface area contributed by atoms with Crippen molar-refractivity contribution in [1.82, 2.24) is 14.1 Å². The fourth-order valence-corrected chi connectivity index (χ4v) is 4.23. The quantitative estimate of drug-likeness (QED) is 0.465. The van der Waals surface area contributed by atoms with Crippen molar-refractivity contribution in [2.24, 2.45) is 7.05 Å². The number of carbonyl (C=O) groups is 1. The maximum Gasteiger partial charge on any atom is 0.175 e. The summed E-state index contributed by atoms with van der Waals surface area (Å²) in [5.74, 6) is 0.588. The zero-order valence-electron chi connectivity index (χ0n) is 15.4.